The van der Waals surface area contributed by atoms with Crippen LogP contribution in [0.15, 0.2) is 24.3 Å². The highest BCUT2D eigenvalue weighted by Gasteiger charge is 2.42. The number of carbonyl (C=O) groups is 5. The lowest BCUT2D eigenvalue weighted by Crippen LogP contribution is -2.45. The number of benzene rings is 1. The Labute approximate surface area is 178 Å². The lowest BCUT2D eigenvalue weighted by Gasteiger charge is -2.22. The molecule has 2 aromatic rings. The summed E-state index contributed by atoms with van der Waals surface area (Å²) in [5.41, 5.74) is 1.61. The standard InChI is InChI=1S/C22H22N2O7/c1-10-16(22(29)30-5)11(2)23-17(10)18(25)13(4)31-21(28)12(3)24-19(26)14-8-6-7-9-15(14)20(24)27/h6-9,12-13,23H,1-5H3. The molecule has 1 N–H and O–H groups in total. The number of amides is 2. The zero-order chi connectivity index (χ0) is 23.0. The van der Waals surface area contributed by atoms with Crippen LogP contribution in [-0.4, -0.2) is 58.7 Å². The third-order valence-electron chi connectivity index (χ3n) is 5.29. The van der Waals surface area contributed by atoms with Crippen molar-refractivity contribution in [1.29, 1.82) is 0 Å². The molecular weight excluding hydrogens is 404 g/mol. The molecule has 2 amide bonds. The number of Topliss-reactive ketones (excluding diaryl/α,β-unsaturated/α-hetero) is 1. The number of aryl methyl sites for hydroxylation is 1. The normalized spacial score (nSPS) is 14.8. The molecule has 2 heterocycles. The van der Waals surface area contributed by atoms with E-state index in [1.807, 2.05) is 0 Å². The predicted octanol–water partition coefficient (Wildman–Crippen LogP) is 2.22. The second-order valence-corrected chi connectivity index (χ2v) is 7.26. The predicted molar refractivity (Wildman–Crippen MR) is 108 cm³/mol. The molecule has 0 aliphatic carbocycles. The summed E-state index contributed by atoms with van der Waals surface area (Å²) in [6, 6.07) is 5.05. The van der Waals surface area contributed by atoms with E-state index in [-0.39, 0.29) is 22.4 Å². The van der Waals surface area contributed by atoms with Crippen LogP contribution in [0.5, 0.6) is 0 Å². The Balaban J connectivity index is 1.75. The second-order valence-electron chi connectivity index (χ2n) is 7.26. The highest BCUT2D eigenvalue weighted by Crippen LogP contribution is 2.25. The fourth-order valence-corrected chi connectivity index (χ4v) is 3.60. The Kier molecular flexibility index (Phi) is 5.79. The number of esters is 2. The van der Waals surface area contributed by atoms with E-state index in [9.17, 15) is 24.0 Å². The summed E-state index contributed by atoms with van der Waals surface area (Å²) in [4.78, 5) is 66.1. The van der Waals surface area contributed by atoms with E-state index < -0.39 is 41.7 Å². The first kappa shape index (κ1) is 21.9. The first-order valence-electron chi connectivity index (χ1n) is 9.59. The number of carbonyl (C=O) groups excluding carboxylic acids is 5. The van der Waals surface area contributed by atoms with Crippen LogP contribution < -0.4 is 0 Å². The number of aromatic nitrogens is 1. The van der Waals surface area contributed by atoms with Crippen LogP contribution in [-0.2, 0) is 14.3 Å². The van der Waals surface area contributed by atoms with E-state index in [1.54, 1.807) is 26.0 Å². The van der Waals surface area contributed by atoms with Gasteiger partial charge in [0.15, 0.2) is 6.10 Å². The van der Waals surface area contributed by atoms with Crippen LogP contribution >= 0.6 is 0 Å². The molecule has 162 valence electrons. The maximum Gasteiger partial charge on any atom is 0.339 e. The van der Waals surface area contributed by atoms with Gasteiger partial charge >= 0.3 is 11.9 Å². The van der Waals surface area contributed by atoms with Crippen molar-refractivity contribution in [3.63, 3.8) is 0 Å². The zero-order valence-corrected chi connectivity index (χ0v) is 17.8. The van der Waals surface area contributed by atoms with E-state index in [1.165, 1.54) is 33.1 Å². The minimum atomic E-state index is -1.22. The number of ether oxygens (including phenoxy) is 2. The highest BCUT2D eigenvalue weighted by molar-refractivity contribution is 6.22. The Hall–Kier alpha value is -3.75. The molecule has 9 nitrogen and oxygen atoms in total. The van der Waals surface area contributed by atoms with Gasteiger partial charge in [0.1, 0.15) is 6.04 Å². The number of hydrogen-bond donors (Lipinski definition) is 1. The van der Waals surface area contributed by atoms with Crippen molar-refractivity contribution >= 4 is 29.5 Å². The van der Waals surface area contributed by atoms with Crippen LogP contribution in [0, 0.1) is 13.8 Å². The molecule has 2 unspecified atom stereocenters. The van der Waals surface area contributed by atoms with Gasteiger partial charge in [-0.2, -0.15) is 0 Å². The molecule has 1 aliphatic rings. The molecule has 0 bridgehead atoms. The fraction of sp³-hybridized carbons (Fsp3) is 0.318. The summed E-state index contributed by atoms with van der Waals surface area (Å²) in [6.07, 6.45) is -1.22. The monoisotopic (exact) mass is 426 g/mol. The van der Waals surface area contributed by atoms with Crippen LogP contribution in [0.1, 0.15) is 66.7 Å². The van der Waals surface area contributed by atoms with E-state index in [2.05, 4.69) is 4.98 Å². The minimum absolute atomic E-state index is 0.117. The molecule has 0 radical (unpaired) electrons. The Morgan fingerprint density at radius 1 is 1.00 bits per heavy atom. The van der Waals surface area contributed by atoms with Crippen molar-refractivity contribution in [3.8, 4) is 0 Å². The van der Waals surface area contributed by atoms with Gasteiger partial charge in [0.05, 0.1) is 29.5 Å². The van der Waals surface area contributed by atoms with Crippen molar-refractivity contribution in [2.24, 2.45) is 0 Å². The maximum absolute atomic E-state index is 12.8. The number of ketones is 1. The smallest absolute Gasteiger partial charge is 0.339 e. The van der Waals surface area contributed by atoms with Crippen LogP contribution in [0.4, 0.5) is 0 Å². The molecule has 31 heavy (non-hydrogen) atoms. The first-order chi connectivity index (χ1) is 14.6. The quantitative estimate of drug-likeness (QED) is 0.427. The van der Waals surface area contributed by atoms with Crippen molar-refractivity contribution in [2.75, 3.05) is 7.11 Å². The lowest BCUT2D eigenvalue weighted by atomic mass is 10.1. The Morgan fingerprint density at radius 2 is 1.55 bits per heavy atom. The number of H-pyrrole nitrogens is 1. The number of nitrogens with zero attached hydrogens (tertiary/aromatic N) is 1. The molecule has 2 atom stereocenters. The first-order valence-corrected chi connectivity index (χ1v) is 9.59. The molecular formula is C22H22N2O7. The van der Waals surface area contributed by atoms with Gasteiger partial charge in [0.2, 0.25) is 5.78 Å². The maximum atomic E-state index is 12.8. The zero-order valence-electron chi connectivity index (χ0n) is 17.8. The molecule has 1 aromatic heterocycles. The number of aromatic amines is 1. The Morgan fingerprint density at radius 3 is 2.06 bits per heavy atom. The molecule has 3 rings (SSSR count). The van der Waals surface area contributed by atoms with Gasteiger partial charge < -0.3 is 14.5 Å². The number of methoxy groups -OCH3 is 1. The SMILES string of the molecule is COC(=O)c1c(C)[nH]c(C(=O)C(C)OC(=O)C(C)N2C(=O)c3ccccc3C2=O)c1C. The van der Waals surface area contributed by atoms with Crippen molar-refractivity contribution in [3.05, 3.63) is 57.9 Å². The summed E-state index contributed by atoms with van der Waals surface area (Å²) in [7, 11) is 1.24. The number of rotatable bonds is 6. The average Bonchev–Trinajstić information content (AvgIpc) is 3.19. The van der Waals surface area contributed by atoms with Crippen molar-refractivity contribution in [1.82, 2.24) is 9.88 Å². The largest absolute Gasteiger partial charge is 0.465 e. The van der Waals surface area contributed by atoms with Gasteiger partial charge in [-0.1, -0.05) is 12.1 Å². The summed E-state index contributed by atoms with van der Waals surface area (Å²) >= 11 is 0. The second kappa shape index (κ2) is 8.17. The molecule has 0 fully saturated rings. The summed E-state index contributed by atoms with van der Waals surface area (Å²) in [5, 5.41) is 0. The number of imide groups is 1. The van der Waals surface area contributed by atoms with Crippen molar-refractivity contribution in [2.45, 2.75) is 39.8 Å². The molecule has 0 saturated heterocycles. The Bertz CT molecular complexity index is 1080. The summed E-state index contributed by atoms with van der Waals surface area (Å²) in [6.45, 7) is 5.94. The molecule has 1 aliphatic heterocycles. The van der Waals surface area contributed by atoms with Crippen LogP contribution in [0.3, 0.4) is 0 Å². The lowest BCUT2D eigenvalue weighted by molar-refractivity contribution is -0.150. The molecule has 0 saturated carbocycles. The van der Waals surface area contributed by atoms with Gasteiger partial charge in [-0.25, -0.2) is 9.59 Å². The van der Waals surface area contributed by atoms with E-state index in [0.717, 1.165) is 4.90 Å². The van der Waals surface area contributed by atoms with E-state index >= 15 is 0 Å². The summed E-state index contributed by atoms with van der Waals surface area (Å²) < 4.78 is 9.98. The third kappa shape index (κ3) is 3.63. The average molecular weight is 426 g/mol. The van der Waals surface area contributed by atoms with Gasteiger partial charge in [0.25, 0.3) is 11.8 Å². The van der Waals surface area contributed by atoms with Crippen molar-refractivity contribution < 1.29 is 33.4 Å². The van der Waals surface area contributed by atoms with E-state index in [0.29, 0.717) is 11.3 Å². The highest BCUT2D eigenvalue weighted by atomic mass is 16.5. The number of hydrogen-bond acceptors (Lipinski definition) is 7. The molecule has 0 spiro atoms. The molecule has 9 heteroatoms. The third-order valence-corrected chi connectivity index (χ3v) is 5.29. The fourth-order valence-electron chi connectivity index (χ4n) is 3.60. The van der Waals surface area contributed by atoms with Crippen LogP contribution in [0.25, 0.3) is 0 Å². The molecule has 1 aromatic carbocycles. The van der Waals surface area contributed by atoms with Gasteiger partial charge in [-0.3, -0.25) is 19.3 Å². The van der Waals surface area contributed by atoms with Gasteiger partial charge in [-0.15, -0.1) is 0 Å². The number of fused-ring (bicyclic) bond motifs is 1. The van der Waals surface area contributed by atoms with Gasteiger partial charge in [0, 0.05) is 5.69 Å². The van der Waals surface area contributed by atoms with Gasteiger partial charge in [-0.05, 0) is 45.4 Å². The van der Waals surface area contributed by atoms with Crippen LogP contribution in [0.2, 0.25) is 0 Å². The van der Waals surface area contributed by atoms with E-state index in [4.69, 9.17) is 9.47 Å². The topological polar surface area (TPSA) is 123 Å². The number of nitrogens with one attached hydrogen (secondary N) is 1. The minimum Gasteiger partial charge on any atom is -0.465 e. The summed E-state index contributed by atoms with van der Waals surface area (Å²) in [5.74, 6) is -3.23.